The average molecular weight is 470 g/mol. The monoisotopic (exact) mass is 469 g/mol. The van der Waals surface area contributed by atoms with E-state index in [1.54, 1.807) is 36.4 Å². The molecule has 9 heteroatoms. The zero-order valence-corrected chi connectivity index (χ0v) is 18.4. The molecule has 0 aliphatic rings. The Hall–Kier alpha value is -3.46. The van der Waals surface area contributed by atoms with Gasteiger partial charge in [0.25, 0.3) is 11.8 Å². The molecule has 3 N–H and O–H groups in total. The van der Waals surface area contributed by atoms with Gasteiger partial charge in [0.1, 0.15) is 0 Å². The van der Waals surface area contributed by atoms with Gasteiger partial charge in [-0.2, -0.15) is 0 Å². The molecule has 0 atom stereocenters. The van der Waals surface area contributed by atoms with E-state index < -0.39 is 21.8 Å². The van der Waals surface area contributed by atoms with Crippen molar-refractivity contribution < 1.29 is 18.0 Å². The first-order valence-electron chi connectivity index (χ1n) is 9.52. The van der Waals surface area contributed by atoms with Gasteiger partial charge in [0.15, 0.2) is 0 Å². The molecule has 3 aromatic carbocycles. The van der Waals surface area contributed by atoms with E-state index in [2.05, 4.69) is 15.6 Å². The number of hydrogen-bond acceptors (Lipinski definition) is 4. The number of carbonyl (C=O) groups excluding carboxylic acids is 2. The SMILES string of the molecule is O=C(/C=C/c1ccccc1Cl)NNC(=O)c1cccc(S(=O)(=O)NCc2ccccc2)c1. The smallest absolute Gasteiger partial charge is 0.268 e. The summed E-state index contributed by atoms with van der Waals surface area (Å²) in [5.41, 5.74) is 6.02. The standard InChI is InChI=1S/C23H20ClN3O4S/c24-21-12-5-4-9-18(21)13-14-22(28)26-27-23(29)19-10-6-11-20(15-19)32(30,31)25-16-17-7-2-1-3-8-17/h1-15,25H,16H2,(H,26,28)(H,27,29)/b14-13+. The van der Waals surface area contributed by atoms with Gasteiger partial charge in [-0.25, -0.2) is 13.1 Å². The minimum atomic E-state index is -3.83. The molecule has 0 aliphatic heterocycles. The molecule has 0 aliphatic carbocycles. The molecular formula is C23H20ClN3O4S. The van der Waals surface area contributed by atoms with Crippen molar-refractivity contribution in [1.29, 1.82) is 0 Å². The van der Waals surface area contributed by atoms with Crippen molar-refractivity contribution in [3.05, 3.63) is 107 Å². The summed E-state index contributed by atoms with van der Waals surface area (Å²) in [4.78, 5) is 24.2. The number of halogens is 1. The molecule has 32 heavy (non-hydrogen) atoms. The molecule has 0 aromatic heterocycles. The molecule has 0 spiro atoms. The number of benzene rings is 3. The summed E-state index contributed by atoms with van der Waals surface area (Å²) in [6.07, 6.45) is 2.73. The van der Waals surface area contributed by atoms with E-state index in [-0.39, 0.29) is 17.0 Å². The summed E-state index contributed by atoms with van der Waals surface area (Å²) < 4.78 is 27.6. The quantitative estimate of drug-likeness (QED) is 0.365. The van der Waals surface area contributed by atoms with Crippen molar-refractivity contribution in [2.45, 2.75) is 11.4 Å². The van der Waals surface area contributed by atoms with Crippen molar-refractivity contribution in [1.82, 2.24) is 15.6 Å². The van der Waals surface area contributed by atoms with Crippen molar-refractivity contribution in [2.24, 2.45) is 0 Å². The Bertz CT molecular complexity index is 1240. The van der Waals surface area contributed by atoms with Crippen LogP contribution >= 0.6 is 11.6 Å². The van der Waals surface area contributed by atoms with E-state index in [4.69, 9.17) is 11.6 Å². The summed E-state index contributed by atoms with van der Waals surface area (Å²) in [7, 11) is -3.83. The van der Waals surface area contributed by atoms with E-state index in [0.29, 0.717) is 10.6 Å². The van der Waals surface area contributed by atoms with E-state index in [1.807, 2.05) is 18.2 Å². The largest absolute Gasteiger partial charge is 0.269 e. The topological polar surface area (TPSA) is 104 Å². The van der Waals surface area contributed by atoms with Gasteiger partial charge in [0, 0.05) is 23.2 Å². The van der Waals surface area contributed by atoms with Crippen molar-refractivity contribution in [2.75, 3.05) is 0 Å². The van der Waals surface area contributed by atoms with Crippen LogP contribution in [0.4, 0.5) is 0 Å². The Morgan fingerprint density at radius 3 is 2.34 bits per heavy atom. The summed E-state index contributed by atoms with van der Waals surface area (Å²) in [6, 6.07) is 21.5. The summed E-state index contributed by atoms with van der Waals surface area (Å²) in [5, 5.41) is 0.486. The lowest BCUT2D eigenvalue weighted by Gasteiger charge is -2.09. The third-order valence-electron chi connectivity index (χ3n) is 4.33. The van der Waals surface area contributed by atoms with Crippen LogP contribution in [0.3, 0.4) is 0 Å². The molecule has 0 saturated carbocycles. The Labute approximate surface area is 191 Å². The zero-order chi connectivity index (χ0) is 23.0. The van der Waals surface area contributed by atoms with Crippen LogP contribution in [0.25, 0.3) is 6.08 Å². The highest BCUT2D eigenvalue weighted by Gasteiger charge is 2.16. The maximum atomic E-state index is 12.6. The molecule has 164 valence electrons. The van der Waals surface area contributed by atoms with Crippen LogP contribution in [-0.2, 0) is 21.4 Å². The zero-order valence-electron chi connectivity index (χ0n) is 16.8. The number of carbonyl (C=O) groups is 2. The van der Waals surface area contributed by atoms with Crippen LogP contribution in [0.2, 0.25) is 5.02 Å². The normalized spacial score (nSPS) is 11.3. The fraction of sp³-hybridized carbons (Fsp3) is 0.0435. The minimum Gasteiger partial charge on any atom is -0.268 e. The van der Waals surface area contributed by atoms with E-state index in [9.17, 15) is 18.0 Å². The summed E-state index contributed by atoms with van der Waals surface area (Å²) >= 11 is 6.02. The number of hydrazine groups is 1. The van der Waals surface area contributed by atoms with E-state index in [1.165, 1.54) is 36.4 Å². The molecule has 3 rings (SSSR count). The highest BCUT2D eigenvalue weighted by molar-refractivity contribution is 7.89. The average Bonchev–Trinajstić information content (AvgIpc) is 2.81. The van der Waals surface area contributed by atoms with Gasteiger partial charge in [-0.1, -0.05) is 66.2 Å². The molecule has 0 bridgehead atoms. The van der Waals surface area contributed by atoms with E-state index >= 15 is 0 Å². The number of nitrogens with one attached hydrogen (secondary N) is 3. The second-order valence-corrected chi connectivity index (χ2v) is 8.81. The van der Waals surface area contributed by atoms with Crippen LogP contribution in [-0.4, -0.2) is 20.2 Å². The second-order valence-electron chi connectivity index (χ2n) is 6.64. The highest BCUT2D eigenvalue weighted by Crippen LogP contribution is 2.16. The molecule has 3 aromatic rings. The molecule has 7 nitrogen and oxygen atoms in total. The molecule has 0 saturated heterocycles. The lowest BCUT2D eigenvalue weighted by atomic mass is 10.2. The first-order chi connectivity index (χ1) is 15.3. The second kappa shape index (κ2) is 10.7. The maximum absolute atomic E-state index is 12.6. The summed E-state index contributed by atoms with van der Waals surface area (Å²) in [6.45, 7) is 0.118. The Morgan fingerprint density at radius 2 is 1.59 bits per heavy atom. The molecule has 0 fully saturated rings. The van der Waals surface area contributed by atoms with Crippen molar-refractivity contribution >= 4 is 39.5 Å². The Balaban J connectivity index is 1.59. The number of hydrogen-bond donors (Lipinski definition) is 3. The van der Waals surface area contributed by atoms with Crippen LogP contribution in [0.5, 0.6) is 0 Å². The molecular weight excluding hydrogens is 450 g/mol. The third-order valence-corrected chi connectivity index (χ3v) is 6.08. The van der Waals surface area contributed by atoms with Crippen molar-refractivity contribution in [3.63, 3.8) is 0 Å². The Morgan fingerprint density at radius 1 is 0.875 bits per heavy atom. The number of amides is 2. The first-order valence-corrected chi connectivity index (χ1v) is 11.4. The molecule has 0 heterocycles. The number of rotatable bonds is 7. The Kier molecular flexibility index (Phi) is 7.77. The highest BCUT2D eigenvalue weighted by atomic mass is 35.5. The number of sulfonamides is 1. The third kappa shape index (κ3) is 6.52. The fourth-order valence-electron chi connectivity index (χ4n) is 2.67. The minimum absolute atomic E-state index is 0.0639. The summed E-state index contributed by atoms with van der Waals surface area (Å²) in [5.74, 6) is -1.24. The molecule has 0 unspecified atom stereocenters. The molecule has 2 amide bonds. The van der Waals surface area contributed by atoms with Crippen LogP contribution in [0, 0.1) is 0 Å². The van der Waals surface area contributed by atoms with Crippen LogP contribution in [0.15, 0.2) is 89.8 Å². The lowest BCUT2D eigenvalue weighted by Crippen LogP contribution is -2.40. The van der Waals surface area contributed by atoms with Gasteiger partial charge >= 0.3 is 0 Å². The van der Waals surface area contributed by atoms with Gasteiger partial charge < -0.3 is 0 Å². The predicted octanol–water partition coefficient (Wildman–Crippen LogP) is 3.29. The van der Waals surface area contributed by atoms with Crippen molar-refractivity contribution in [3.8, 4) is 0 Å². The van der Waals surface area contributed by atoms with Crippen LogP contribution in [0.1, 0.15) is 21.5 Å². The predicted molar refractivity (Wildman–Crippen MR) is 123 cm³/mol. The molecule has 0 radical (unpaired) electrons. The van der Waals surface area contributed by atoms with Gasteiger partial charge in [-0.15, -0.1) is 0 Å². The van der Waals surface area contributed by atoms with Crippen LogP contribution < -0.4 is 15.6 Å². The first kappa shape index (κ1) is 23.2. The fourth-order valence-corrected chi connectivity index (χ4v) is 3.93. The van der Waals surface area contributed by atoms with Gasteiger partial charge in [0.2, 0.25) is 10.0 Å². The lowest BCUT2D eigenvalue weighted by molar-refractivity contribution is -0.117. The van der Waals surface area contributed by atoms with E-state index in [0.717, 1.165) is 5.56 Å². The van der Waals surface area contributed by atoms with Gasteiger partial charge in [0.05, 0.1) is 4.90 Å². The van der Waals surface area contributed by atoms with Gasteiger partial charge in [-0.05, 0) is 41.5 Å². The van der Waals surface area contributed by atoms with Gasteiger partial charge in [-0.3, -0.25) is 20.4 Å². The maximum Gasteiger partial charge on any atom is 0.269 e.